The van der Waals surface area contributed by atoms with E-state index in [2.05, 4.69) is 30.4 Å². The van der Waals surface area contributed by atoms with Gasteiger partial charge in [-0.1, -0.05) is 0 Å². The van der Waals surface area contributed by atoms with E-state index in [-0.39, 0.29) is 5.75 Å². The summed E-state index contributed by atoms with van der Waals surface area (Å²) >= 11 is 1.58. The number of aromatic hydroxyl groups is 1. The van der Waals surface area contributed by atoms with Crippen LogP contribution < -0.4 is 10.2 Å². The fourth-order valence-corrected chi connectivity index (χ4v) is 3.69. The number of nitrogens with one attached hydrogen (secondary N) is 2. The topological polar surface area (TPSA) is 112 Å². The van der Waals surface area contributed by atoms with Crippen LogP contribution in [-0.2, 0) is 11.2 Å². The Labute approximate surface area is 147 Å². The van der Waals surface area contributed by atoms with E-state index in [1.807, 2.05) is 0 Å². The Morgan fingerprint density at radius 2 is 2.20 bits per heavy atom. The number of aromatic nitrogens is 5. The van der Waals surface area contributed by atoms with Crippen LogP contribution in [0.5, 0.6) is 5.75 Å². The zero-order valence-corrected chi connectivity index (χ0v) is 14.4. The molecule has 4 rings (SSSR count). The number of anilines is 3. The van der Waals surface area contributed by atoms with Crippen molar-refractivity contribution < 1.29 is 9.84 Å². The average molecular weight is 359 g/mol. The van der Waals surface area contributed by atoms with Crippen molar-refractivity contribution in [3.63, 3.8) is 0 Å². The molecule has 0 spiro atoms. The molecule has 3 N–H and O–H groups in total. The van der Waals surface area contributed by atoms with E-state index in [4.69, 9.17) is 9.72 Å². The maximum Gasteiger partial charge on any atom is 0.229 e. The summed E-state index contributed by atoms with van der Waals surface area (Å²) in [5.74, 6) is 1.39. The minimum atomic E-state index is 0.0275. The largest absolute Gasteiger partial charge is 0.505 e. The van der Waals surface area contributed by atoms with Gasteiger partial charge in [0, 0.05) is 31.5 Å². The van der Waals surface area contributed by atoms with Crippen LogP contribution in [-0.4, -0.2) is 57.1 Å². The van der Waals surface area contributed by atoms with Gasteiger partial charge in [-0.2, -0.15) is 5.10 Å². The SMILES string of the molecule is COCCN1CCc2sc(Nc3ncc(O)cn3)nc2-c2cn[nH]c21. The highest BCUT2D eigenvalue weighted by molar-refractivity contribution is 7.16. The summed E-state index contributed by atoms with van der Waals surface area (Å²) in [6.45, 7) is 2.32. The summed E-state index contributed by atoms with van der Waals surface area (Å²) in [6.07, 6.45) is 5.38. The van der Waals surface area contributed by atoms with Crippen LogP contribution in [0.4, 0.5) is 16.9 Å². The first-order valence-electron chi connectivity index (χ1n) is 7.80. The standard InChI is InChI=1S/C15H17N7O2S/c1-24-5-4-22-3-2-11-12(10-8-18-21-13(10)22)19-15(25-11)20-14-16-6-9(23)7-17-14/h6-8,23H,2-5H2,1H3,(H,18,21)(H,16,17,19,20). The van der Waals surface area contributed by atoms with Gasteiger partial charge in [0.15, 0.2) is 10.9 Å². The van der Waals surface area contributed by atoms with Crippen LogP contribution in [0, 0.1) is 0 Å². The van der Waals surface area contributed by atoms with Gasteiger partial charge in [-0.05, 0) is 0 Å². The Hall–Kier alpha value is -2.72. The number of rotatable bonds is 5. The molecule has 130 valence electrons. The number of H-pyrrole nitrogens is 1. The summed E-state index contributed by atoms with van der Waals surface area (Å²) in [4.78, 5) is 16.2. The molecular weight excluding hydrogens is 342 g/mol. The molecule has 0 atom stereocenters. The van der Waals surface area contributed by atoms with E-state index in [1.165, 1.54) is 17.3 Å². The number of fused-ring (bicyclic) bond motifs is 3. The van der Waals surface area contributed by atoms with Gasteiger partial charge in [-0.25, -0.2) is 15.0 Å². The fraction of sp³-hybridized carbons (Fsp3) is 0.333. The molecule has 0 bridgehead atoms. The van der Waals surface area contributed by atoms with Crippen molar-refractivity contribution >= 4 is 28.2 Å². The number of aromatic amines is 1. The number of hydrogen-bond donors (Lipinski definition) is 3. The molecule has 0 saturated carbocycles. The van der Waals surface area contributed by atoms with E-state index in [0.717, 1.165) is 36.6 Å². The van der Waals surface area contributed by atoms with E-state index >= 15 is 0 Å². The smallest absolute Gasteiger partial charge is 0.229 e. The molecular formula is C15H17N7O2S. The first kappa shape index (κ1) is 15.8. The van der Waals surface area contributed by atoms with Crippen LogP contribution in [0.3, 0.4) is 0 Å². The van der Waals surface area contributed by atoms with Gasteiger partial charge in [-0.3, -0.25) is 5.10 Å². The molecule has 0 radical (unpaired) electrons. The van der Waals surface area contributed by atoms with Crippen molar-refractivity contribution in [2.75, 3.05) is 37.0 Å². The lowest BCUT2D eigenvalue weighted by Crippen LogP contribution is -2.29. The first-order chi connectivity index (χ1) is 12.2. The lowest BCUT2D eigenvalue weighted by atomic mass is 10.2. The Morgan fingerprint density at radius 3 is 3.00 bits per heavy atom. The molecule has 25 heavy (non-hydrogen) atoms. The molecule has 9 nitrogen and oxygen atoms in total. The van der Waals surface area contributed by atoms with Crippen molar-refractivity contribution in [2.24, 2.45) is 0 Å². The van der Waals surface area contributed by atoms with Crippen molar-refractivity contribution in [3.05, 3.63) is 23.5 Å². The van der Waals surface area contributed by atoms with E-state index in [9.17, 15) is 5.11 Å². The predicted molar refractivity (Wildman–Crippen MR) is 94.5 cm³/mol. The molecule has 3 aromatic heterocycles. The Morgan fingerprint density at radius 1 is 1.36 bits per heavy atom. The zero-order chi connectivity index (χ0) is 17.2. The highest BCUT2D eigenvalue weighted by Gasteiger charge is 2.25. The lowest BCUT2D eigenvalue weighted by molar-refractivity contribution is 0.205. The number of hydrogen-bond acceptors (Lipinski definition) is 9. The number of thiazole rings is 1. The molecule has 1 aliphatic rings. The van der Waals surface area contributed by atoms with E-state index in [1.54, 1.807) is 24.6 Å². The van der Waals surface area contributed by atoms with Crippen molar-refractivity contribution in [1.29, 1.82) is 0 Å². The lowest BCUT2D eigenvalue weighted by Gasteiger charge is -2.21. The fourth-order valence-electron chi connectivity index (χ4n) is 2.73. The summed E-state index contributed by atoms with van der Waals surface area (Å²) in [6, 6.07) is 0. The second-order valence-electron chi connectivity index (χ2n) is 5.54. The average Bonchev–Trinajstić information content (AvgIpc) is 3.21. The predicted octanol–water partition coefficient (Wildman–Crippen LogP) is 1.78. The molecule has 0 amide bonds. The normalized spacial score (nSPS) is 13.2. The molecule has 0 saturated heterocycles. The highest BCUT2D eigenvalue weighted by atomic mass is 32.1. The quantitative estimate of drug-likeness (QED) is 0.632. The summed E-state index contributed by atoms with van der Waals surface area (Å²) in [7, 11) is 1.70. The Bertz CT molecular complexity index is 861. The number of nitrogens with zero attached hydrogens (tertiary/aromatic N) is 5. The van der Waals surface area contributed by atoms with Crippen molar-refractivity contribution in [2.45, 2.75) is 6.42 Å². The van der Waals surface area contributed by atoms with Crippen LogP contribution in [0.2, 0.25) is 0 Å². The number of methoxy groups -OCH3 is 1. The third kappa shape index (κ3) is 3.13. The van der Waals surface area contributed by atoms with Gasteiger partial charge in [0.1, 0.15) is 5.82 Å². The molecule has 0 fully saturated rings. The van der Waals surface area contributed by atoms with E-state index < -0.39 is 0 Å². The van der Waals surface area contributed by atoms with Crippen LogP contribution in [0.25, 0.3) is 11.3 Å². The summed E-state index contributed by atoms with van der Waals surface area (Å²) in [5, 5.41) is 20.3. The van der Waals surface area contributed by atoms with Gasteiger partial charge < -0.3 is 20.1 Å². The minimum Gasteiger partial charge on any atom is -0.505 e. The third-order valence-corrected chi connectivity index (χ3v) is 4.95. The second-order valence-corrected chi connectivity index (χ2v) is 6.63. The van der Waals surface area contributed by atoms with Gasteiger partial charge in [0.2, 0.25) is 5.95 Å². The highest BCUT2D eigenvalue weighted by Crippen LogP contribution is 2.39. The summed E-state index contributed by atoms with van der Waals surface area (Å²) in [5.41, 5.74) is 1.91. The maximum atomic E-state index is 9.27. The molecule has 1 aliphatic heterocycles. The second kappa shape index (κ2) is 6.65. The van der Waals surface area contributed by atoms with Gasteiger partial charge in [0.25, 0.3) is 0 Å². The van der Waals surface area contributed by atoms with Gasteiger partial charge in [0.05, 0.1) is 36.5 Å². The van der Waals surface area contributed by atoms with Crippen LogP contribution >= 0.6 is 11.3 Å². The van der Waals surface area contributed by atoms with Gasteiger partial charge in [-0.15, -0.1) is 11.3 Å². The maximum absolute atomic E-state index is 9.27. The van der Waals surface area contributed by atoms with E-state index in [0.29, 0.717) is 17.7 Å². The molecule has 0 unspecified atom stereocenters. The van der Waals surface area contributed by atoms with Crippen LogP contribution in [0.1, 0.15) is 4.88 Å². The van der Waals surface area contributed by atoms with Crippen molar-refractivity contribution in [1.82, 2.24) is 25.1 Å². The molecule has 0 aliphatic carbocycles. The zero-order valence-electron chi connectivity index (χ0n) is 13.6. The Balaban J connectivity index is 1.62. The Kier molecular flexibility index (Phi) is 4.20. The molecule has 3 aromatic rings. The van der Waals surface area contributed by atoms with Crippen LogP contribution in [0.15, 0.2) is 18.6 Å². The molecule has 10 heteroatoms. The van der Waals surface area contributed by atoms with Crippen molar-refractivity contribution in [3.8, 4) is 17.0 Å². The molecule has 4 heterocycles. The van der Waals surface area contributed by atoms with Gasteiger partial charge >= 0.3 is 0 Å². The third-order valence-electron chi connectivity index (χ3n) is 3.92. The number of ether oxygens (including phenoxy) is 1. The monoisotopic (exact) mass is 359 g/mol. The summed E-state index contributed by atoms with van der Waals surface area (Å²) < 4.78 is 5.20. The first-order valence-corrected chi connectivity index (χ1v) is 8.61. The minimum absolute atomic E-state index is 0.0275. The molecule has 0 aromatic carbocycles.